The fraction of sp³-hybridized carbons (Fsp3) is 0.235. The Hall–Kier alpha value is -2.00. The van der Waals surface area contributed by atoms with Crippen LogP contribution < -0.4 is 0 Å². The summed E-state index contributed by atoms with van der Waals surface area (Å²) in [6.07, 6.45) is 0. The molecule has 3 aromatic rings. The van der Waals surface area contributed by atoms with E-state index in [0.717, 1.165) is 27.9 Å². The minimum Gasteiger partial charge on any atom is -0.253 e. The molecule has 0 bridgehead atoms. The number of para-hydroxylation sites is 1. The van der Waals surface area contributed by atoms with Gasteiger partial charge in [-0.15, -0.1) is 0 Å². The van der Waals surface area contributed by atoms with Crippen LogP contribution in [0.15, 0.2) is 36.4 Å². The van der Waals surface area contributed by atoms with Crippen LogP contribution >= 0.6 is 11.6 Å². The average Bonchev–Trinajstić information content (AvgIpc) is 2.45. The first-order valence-electron chi connectivity index (χ1n) is 6.96. The fourth-order valence-electron chi connectivity index (χ4n) is 2.34. The first kappa shape index (κ1) is 14.0. The van der Waals surface area contributed by atoms with Crippen LogP contribution in [0.3, 0.4) is 0 Å². The molecule has 0 unspecified atom stereocenters. The summed E-state index contributed by atoms with van der Waals surface area (Å²) in [5.74, 6) is 0.964. The van der Waals surface area contributed by atoms with E-state index in [0.29, 0.717) is 16.9 Å². The molecule has 1 aromatic carbocycles. The normalized spacial score (nSPS) is 11.3. The number of pyridine rings is 1. The summed E-state index contributed by atoms with van der Waals surface area (Å²) in [7, 11) is 0. The van der Waals surface area contributed by atoms with Crippen LogP contribution in [0.5, 0.6) is 0 Å². The van der Waals surface area contributed by atoms with Crippen LogP contribution in [0.25, 0.3) is 22.3 Å². The lowest BCUT2D eigenvalue weighted by atomic mass is 10.1. The van der Waals surface area contributed by atoms with Gasteiger partial charge in [-0.1, -0.05) is 43.6 Å². The van der Waals surface area contributed by atoms with Gasteiger partial charge in [0.2, 0.25) is 0 Å². The van der Waals surface area contributed by atoms with E-state index in [1.165, 1.54) is 0 Å². The van der Waals surface area contributed by atoms with Gasteiger partial charge in [0.1, 0.15) is 5.15 Å². The first-order chi connectivity index (χ1) is 10.0. The molecule has 106 valence electrons. The second-order valence-corrected chi connectivity index (χ2v) is 5.81. The van der Waals surface area contributed by atoms with Crippen molar-refractivity contribution in [2.75, 3.05) is 0 Å². The monoisotopic (exact) mass is 297 g/mol. The SMILES string of the molecule is Cc1cc(-c2nc(Cl)cc(C(C)C)n2)c2ccccc2n1. The minimum atomic E-state index is 0.304. The standard InChI is InChI=1S/C17H16ClN3/c1-10(2)15-9-16(18)21-17(20-15)13-8-11(3)19-14-7-5-4-6-12(13)14/h4-10H,1-3H3. The van der Waals surface area contributed by atoms with Crippen molar-refractivity contribution in [2.24, 2.45) is 0 Å². The molecular formula is C17H16ClN3. The molecule has 0 radical (unpaired) electrons. The Kier molecular flexibility index (Phi) is 3.60. The molecule has 0 amide bonds. The molecule has 4 heteroatoms. The second-order valence-electron chi connectivity index (χ2n) is 5.42. The number of hydrogen-bond donors (Lipinski definition) is 0. The van der Waals surface area contributed by atoms with Gasteiger partial charge >= 0.3 is 0 Å². The quantitative estimate of drug-likeness (QED) is 0.639. The molecule has 0 spiro atoms. The number of halogens is 1. The zero-order valence-electron chi connectivity index (χ0n) is 12.3. The van der Waals surface area contributed by atoms with Crippen LogP contribution in [-0.4, -0.2) is 15.0 Å². The number of rotatable bonds is 2. The van der Waals surface area contributed by atoms with Crippen LogP contribution in [0.4, 0.5) is 0 Å². The van der Waals surface area contributed by atoms with E-state index >= 15 is 0 Å². The summed E-state index contributed by atoms with van der Waals surface area (Å²) in [6, 6.07) is 11.9. The van der Waals surface area contributed by atoms with Crippen molar-refractivity contribution in [3.63, 3.8) is 0 Å². The van der Waals surface area contributed by atoms with Crippen molar-refractivity contribution < 1.29 is 0 Å². The number of aryl methyl sites for hydroxylation is 1. The van der Waals surface area contributed by atoms with Crippen molar-refractivity contribution >= 4 is 22.5 Å². The van der Waals surface area contributed by atoms with Crippen LogP contribution in [-0.2, 0) is 0 Å². The summed E-state index contributed by atoms with van der Waals surface area (Å²) >= 11 is 6.17. The van der Waals surface area contributed by atoms with Crippen molar-refractivity contribution in [1.82, 2.24) is 15.0 Å². The smallest absolute Gasteiger partial charge is 0.161 e. The maximum absolute atomic E-state index is 6.17. The summed E-state index contributed by atoms with van der Waals surface area (Å²) < 4.78 is 0. The highest BCUT2D eigenvalue weighted by Gasteiger charge is 2.12. The molecule has 0 aliphatic carbocycles. The van der Waals surface area contributed by atoms with Crippen LogP contribution in [0, 0.1) is 6.92 Å². The maximum Gasteiger partial charge on any atom is 0.161 e. The number of benzene rings is 1. The van der Waals surface area contributed by atoms with E-state index < -0.39 is 0 Å². The third-order valence-electron chi connectivity index (χ3n) is 3.39. The Labute approximate surface area is 129 Å². The molecule has 0 saturated carbocycles. The summed E-state index contributed by atoms with van der Waals surface area (Å²) in [5.41, 5.74) is 3.81. The molecule has 0 N–H and O–H groups in total. The molecule has 3 rings (SSSR count). The molecule has 0 aliphatic heterocycles. The predicted octanol–water partition coefficient (Wildman–Crippen LogP) is 4.78. The van der Waals surface area contributed by atoms with Crippen LogP contribution in [0.2, 0.25) is 5.15 Å². The van der Waals surface area contributed by atoms with Gasteiger partial charge in [0.05, 0.1) is 5.52 Å². The molecule has 0 fully saturated rings. The van der Waals surface area contributed by atoms with Gasteiger partial charge in [0.25, 0.3) is 0 Å². The highest BCUT2D eigenvalue weighted by Crippen LogP contribution is 2.28. The topological polar surface area (TPSA) is 38.7 Å². The molecule has 21 heavy (non-hydrogen) atoms. The Bertz CT molecular complexity index is 812. The van der Waals surface area contributed by atoms with Gasteiger partial charge < -0.3 is 0 Å². The van der Waals surface area contributed by atoms with E-state index in [4.69, 9.17) is 11.6 Å². The summed E-state index contributed by atoms with van der Waals surface area (Å²) in [4.78, 5) is 13.6. The molecular weight excluding hydrogens is 282 g/mol. The number of hydrogen-bond acceptors (Lipinski definition) is 3. The molecule has 2 heterocycles. The zero-order chi connectivity index (χ0) is 15.0. The number of nitrogens with zero attached hydrogens (tertiary/aromatic N) is 3. The largest absolute Gasteiger partial charge is 0.253 e. The lowest BCUT2D eigenvalue weighted by molar-refractivity contribution is 0.817. The minimum absolute atomic E-state index is 0.304. The highest BCUT2D eigenvalue weighted by molar-refractivity contribution is 6.29. The van der Waals surface area contributed by atoms with Gasteiger partial charge in [-0.25, -0.2) is 9.97 Å². The van der Waals surface area contributed by atoms with E-state index in [1.807, 2.05) is 43.3 Å². The summed E-state index contributed by atoms with van der Waals surface area (Å²) in [6.45, 7) is 6.17. The van der Waals surface area contributed by atoms with E-state index in [-0.39, 0.29) is 0 Å². The van der Waals surface area contributed by atoms with E-state index in [1.54, 1.807) is 0 Å². The first-order valence-corrected chi connectivity index (χ1v) is 7.33. The fourth-order valence-corrected chi connectivity index (χ4v) is 2.54. The molecule has 3 nitrogen and oxygen atoms in total. The van der Waals surface area contributed by atoms with E-state index in [9.17, 15) is 0 Å². The second kappa shape index (κ2) is 5.41. The Morgan fingerprint density at radius 2 is 1.76 bits per heavy atom. The Balaban J connectivity index is 2.30. The highest BCUT2D eigenvalue weighted by atomic mass is 35.5. The van der Waals surface area contributed by atoms with Crippen molar-refractivity contribution in [2.45, 2.75) is 26.7 Å². The van der Waals surface area contributed by atoms with Gasteiger partial charge in [0, 0.05) is 22.3 Å². The van der Waals surface area contributed by atoms with Gasteiger partial charge in [-0.2, -0.15) is 0 Å². The van der Waals surface area contributed by atoms with Crippen molar-refractivity contribution in [1.29, 1.82) is 0 Å². The lowest BCUT2D eigenvalue weighted by Gasteiger charge is -2.10. The molecule has 0 atom stereocenters. The molecule has 0 saturated heterocycles. The van der Waals surface area contributed by atoms with Gasteiger partial charge in [-0.3, -0.25) is 4.98 Å². The number of fused-ring (bicyclic) bond motifs is 1. The molecule has 0 aliphatic rings. The Morgan fingerprint density at radius 1 is 1.00 bits per heavy atom. The maximum atomic E-state index is 6.17. The number of aromatic nitrogens is 3. The zero-order valence-corrected chi connectivity index (χ0v) is 13.0. The lowest BCUT2D eigenvalue weighted by Crippen LogP contribution is -1.99. The van der Waals surface area contributed by atoms with Crippen molar-refractivity contribution in [3.8, 4) is 11.4 Å². The van der Waals surface area contributed by atoms with E-state index in [2.05, 4.69) is 28.8 Å². The summed E-state index contributed by atoms with van der Waals surface area (Å²) in [5, 5.41) is 1.52. The third-order valence-corrected chi connectivity index (χ3v) is 3.59. The average molecular weight is 298 g/mol. The van der Waals surface area contributed by atoms with Crippen LogP contribution in [0.1, 0.15) is 31.2 Å². The van der Waals surface area contributed by atoms with Crippen molar-refractivity contribution in [3.05, 3.63) is 52.9 Å². The molecule has 2 aromatic heterocycles. The van der Waals surface area contributed by atoms with Gasteiger partial charge in [0.15, 0.2) is 5.82 Å². The van der Waals surface area contributed by atoms with Gasteiger partial charge in [-0.05, 0) is 31.0 Å². The predicted molar refractivity (Wildman–Crippen MR) is 86.6 cm³/mol. The third kappa shape index (κ3) is 2.74. The Morgan fingerprint density at radius 3 is 2.52 bits per heavy atom.